The van der Waals surface area contributed by atoms with Gasteiger partial charge in [-0.25, -0.2) is 19.2 Å². The number of nitrogens with one attached hydrogen (secondary N) is 2. The van der Waals surface area contributed by atoms with Gasteiger partial charge in [0.25, 0.3) is 0 Å². The van der Waals surface area contributed by atoms with Crippen molar-refractivity contribution in [3.63, 3.8) is 0 Å². The van der Waals surface area contributed by atoms with Gasteiger partial charge >= 0.3 is 6.03 Å². The number of hydrogen-bond donors (Lipinski definition) is 3. The maximum atomic E-state index is 13.4. The lowest BCUT2D eigenvalue weighted by Crippen LogP contribution is -2.44. The van der Waals surface area contributed by atoms with E-state index in [2.05, 4.69) is 20.6 Å². The van der Waals surface area contributed by atoms with Gasteiger partial charge in [-0.1, -0.05) is 17.7 Å². The number of aromatic nitrogens is 2. The van der Waals surface area contributed by atoms with Gasteiger partial charge in [0.05, 0.1) is 36.0 Å². The first-order valence-electron chi connectivity index (χ1n) is 10.8. The summed E-state index contributed by atoms with van der Waals surface area (Å²) in [6.07, 6.45) is 3.82. The number of fused-ring (bicyclic) bond motifs is 1. The molecule has 32 heavy (non-hydrogen) atoms. The van der Waals surface area contributed by atoms with Gasteiger partial charge in [0, 0.05) is 25.4 Å². The van der Waals surface area contributed by atoms with E-state index in [0.29, 0.717) is 38.5 Å². The predicted molar refractivity (Wildman–Crippen MR) is 118 cm³/mol. The number of ether oxygens (including phenoxy) is 1. The van der Waals surface area contributed by atoms with E-state index in [1.807, 2.05) is 13.1 Å². The average molecular weight is 464 g/mol. The third-order valence-corrected chi connectivity index (χ3v) is 6.21. The molecule has 0 unspecified atom stereocenters. The molecule has 1 aromatic carbocycles. The van der Waals surface area contributed by atoms with Crippen molar-refractivity contribution in [2.45, 2.75) is 50.9 Å². The van der Waals surface area contributed by atoms with Crippen LogP contribution in [0.3, 0.4) is 0 Å². The first-order chi connectivity index (χ1) is 15.4. The Kier molecular flexibility index (Phi) is 7.07. The van der Waals surface area contributed by atoms with E-state index in [-0.39, 0.29) is 35.8 Å². The summed E-state index contributed by atoms with van der Waals surface area (Å²) in [7, 11) is 0. The number of halogens is 2. The number of anilines is 1. The molecular weight excluding hydrogens is 437 g/mol. The molecule has 0 aliphatic carbocycles. The van der Waals surface area contributed by atoms with Crippen molar-refractivity contribution in [1.29, 1.82) is 0 Å². The van der Waals surface area contributed by atoms with E-state index in [9.17, 15) is 14.3 Å². The molecule has 10 heteroatoms. The highest BCUT2D eigenvalue weighted by atomic mass is 35.5. The number of benzene rings is 1. The molecule has 0 spiro atoms. The molecule has 1 saturated heterocycles. The molecule has 0 bridgehead atoms. The molecular formula is C22H27ClFN5O3. The number of aliphatic hydroxyl groups excluding tert-OH is 1. The van der Waals surface area contributed by atoms with E-state index < -0.39 is 5.82 Å². The maximum Gasteiger partial charge on any atom is 0.318 e. The van der Waals surface area contributed by atoms with Crippen molar-refractivity contribution in [1.82, 2.24) is 20.2 Å². The standard InChI is InChI=1S/C22H27ClFN5O3/c1-13(14-2-3-19(24)18(23)8-14)26-22(31)29-6-4-15-10-25-21(28-20(15)11-29)27-16-5-7-32-17(9-16)12-30/h2-3,8,10,13,16-17,30H,4-7,9,11-12H2,1H3,(H,26,31)(H,25,27,28)/t13-,16+,17-/m1/s1. The van der Waals surface area contributed by atoms with Gasteiger partial charge in [0.15, 0.2) is 0 Å². The Morgan fingerprint density at radius 2 is 2.31 bits per heavy atom. The van der Waals surface area contributed by atoms with Crippen LogP contribution in [0.15, 0.2) is 24.4 Å². The molecule has 1 aromatic heterocycles. The van der Waals surface area contributed by atoms with Crippen LogP contribution in [-0.4, -0.2) is 57.9 Å². The van der Waals surface area contributed by atoms with Gasteiger partial charge < -0.3 is 25.4 Å². The summed E-state index contributed by atoms with van der Waals surface area (Å²) in [5.41, 5.74) is 2.57. The molecule has 4 rings (SSSR count). The second-order valence-electron chi connectivity index (χ2n) is 8.22. The summed E-state index contributed by atoms with van der Waals surface area (Å²) >= 11 is 5.86. The fraction of sp³-hybridized carbons (Fsp3) is 0.500. The molecule has 1 fully saturated rings. The van der Waals surface area contributed by atoms with Gasteiger partial charge in [0.1, 0.15) is 5.82 Å². The summed E-state index contributed by atoms with van der Waals surface area (Å²) in [5.74, 6) is 0.0298. The number of aliphatic hydroxyl groups is 1. The van der Waals surface area contributed by atoms with Gasteiger partial charge in [-0.05, 0) is 49.4 Å². The van der Waals surface area contributed by atoms with Crippen LogP contribution in [-0.2, 0) is 17.7 Å². The SMILES string of the molecule is C[C@@H](NC(=O)N1CCc2cnc(N[C@H]3CCO[C@@H](CO)C3)nc2C1)c1ccc(F)c(Cl)c1. The predicted octanol–water partition coefficient (Wildman–Crippen LogP) is 3.05. The highest BCUT2D eigenvalue weighted by Gasteiger charge is 2.26. The Bertz CT molecular complexity index is 979. The van der Waals surface area contributed by atoms with Gasteiger partial charge in [-0.15, -0.1) is 0 Å². The van der Waals surface area contributed by atoms with Gasteiger partial charge in [0.2, 0.25) is 5.95 Å². The molecule has 2 aromatic rings. The van der Waals surface area contributed by atoms with Crippen LogP contribution in [0.25, 0.3) is 0 Å². The summed E-state index contributed by atoms with van der Waals surface area (Å²) in [6, 6.07) is 4.02. The quantitative estimate of drug-likeness (QED) is 0.630. The summed E-state index contributed by atoms with van der Waals surface area (Å²) in [6.45, 7) is 3.35. The monoisotopic (exact) mass is 463 g/mol. The Balaban J connectivity index is 1.38. The average Bonchev–Trinajstić information content (AvgIpc) is 2.80. The van der Waals surface area contributed by atoms with Crippen LogP contribution in [0, 0.1) is 5.82 Å². The molecule has 3 N–H and O–H groups in total. The molecule has 0 saturated carbocycles. The second kappa shape index (κ2) is 9.97. The minimum atomic E-state index is -0.488. The molecule has 2 aliphatic rings. The van der Waals surface area contributed by atoms with Crippen LogP contribution >= 0.6 is 11.6 Å². The van der Waals surface area contributed by atoms with Crippen molar-refractivity contribution < 1.29 is 19.0 Å². The molecule has 172 valence electrons. The summed E-state index contributed by atoms with van der Waals surface area (Å²) in [5, 5.41) is 15.6. The van der Waals surface area contributed by atoms with Crippen LogP contribution in [0.5, 0.6) is 0 Å². The minimum absolute atomic E-state index is 0.00412. The third-order valence-electron chi connectivity index (χ3n) is 5.92. The van der Waals surface area contributed by atoms with E-state index >= 15 is 0 Å². The Hall–Kier alpha value is -2.49. The van der Waals surface area contributed by atoms with E-state index in [4.69, 9.17) is 16.3 Å². The zero-order chi connectivity index (χ0) is 22.7. The highest BCUT2D eigenvalue weighted by Crippen LogP contribution is 2.23. The van der Waals surface area contributed by atoms with Crippen LogP contribution in [0.2, 0.25) is 5.02 Å². The van der Waals surface area contributed by atoms with Crippen molar-refractivity contribution in [2.24, 2.45) is 0 Å². The normalized spacial score (nSPS) is 21.6. The number of nitrogens with zero attached hydrogens (tertiary/aromatic N) is 3. The Morgan fingerprint density at radius 1 is 1.47 bits per heavy atom. The first-order valence-corrected chi connectivity index (χ1v) is 11.1. The fourth-order valence-corrected chi connectivity index (χ4v) is 4.20. The number of carbonyl (C=O) groups is 1. The lowest BCUT2D eigenvalue weighted by molar-refractivity contribution is -0.0213. The third kappa shape index (κ3) is 5.28. The topological polar surface area (TPSA) is 99.6 Å². The smallest absolute Gasteiger partial charge is 0.318 e. The Labute approximate surface area is 191 Å². The van der Waals surface area contributed by atoms with Crippen LogP contribution in [0.4, 0.5) is 15.1 Å². The number of hydrogen-bond acceptors (Lipinski definition) is 6. The van der Waals surface area contributed by atoms with Gasteiger partial charge in [-0.3, -0.25) is 0 Å². The first kappa shape index (κ1) is 22.7. The van der Waals surface area contributed by atoms with Crippen molar-refractivity contribution >= 4 is 23.6 Å². The molecule has 2 amide bonds. The van der Waals surface area contributed by atoms with Crippen molar-refractivity contribution in [3.8, 4) is 0 Å². The molecule has 8 nitrogen and oxygen atoms in total. The summed E-state index contributed by atoms with van der Waals surface area (Å²) < 4.78 is 18.9. The zero-order valence-corrected chi connectivity index (χ0v) is 18.6. The number of rotatable bonds is 5. The molecule has 0 radical (unpaired) electrons. The largest absolute Gasteiger partial charge is 0.394 e. The highest BCUT2D eigenvalue weighted by molar-refractivity contribution is 6.30. The van der Waals surface area contributed by atoms with E-state index in [1.54, 1.807) is 11.0 Å². The number of carbonyl (C=O) groups excluding carboxylic acids is 1. The van der Waals surface area contributed by atoms with Crippen molar-refractivity contribution in [2.75, 3.05) is 25.1 Å². The second-order valence-corrected chi connectivity index (χ2v) is 8.63. The number of amides is 2. The van der Waals surface area contributed by atoms with E-state index in [1.165, 1.54) is 12.1 Å². The minimum Gasteiger partial charge on any atom is -0.394 e. The van der Waals surface area contributed by atoms with Crippen LogP contribution in [0.1, 0.15) is 42.6 Å². The lowest BCUT2D eigenvalue weighted by atomic mass is 10.0. The lowest BCUT2D eigenvalue weighted by Gasteiger charge is -2.31. The number of urea groups is 1. The maximum absolute atomic E-state index is 13.4. The molecule has 2 aliphatic heterocycles. The van der Waals surface area contributed by atoms with E-state index in [0.717, 1.165) is 23.2 Å². The van der Waals surface area contributed by atoms with Crippen molar-refractivity contribution in [3.05, 3.63) is 52.1 Å². The van der Waals surface area contributed by atoms with Gasteiger partial charge in [-0.2, -0.15) is 0 Å². The molecule has 3 atom stereocenters. The van der Waals surface area contributed by atoms with Crippen LogP contribution < -0.4 is 10.6 Å². The zero-order valence-electron chi connectivity index (χ0n) is 17.9. The fourth-order valence-electron chi connectivity index (χ4n) is 4.01. The Morgan fingerprint density at radius 3 is 3.09 bits per heavy atom. The summed E-state index contributed by atoms with van der Waals surface area (Å²) in [4.78, 5) is 23.6. The molecule has 3 heterocycles.